The van der Waals surface area contributed by atoms with Gasteiger partial charge in [0.1, 0.15) is 0 Å². The maximum Gasteiger partial charge on any atom is 0.237 e. The molecular formula is C13H26N2O2. The lowest BCUT2D eigenvalue weighted by molar-refractivity contribution is -0.126. The minimum atomic E-state index is -0.154. The standard InChI is InChI=1S/C13H26N2O2/c1-6-12(3,4)15-11(16)10(2)14-7-13(5)8-17-9-13/h10,14H,6-9H2,1-5H3,(H,15,16). The van der Waals surface area contributed by atoms with Gasteiger partial charge in [0.2, 0.25) is 5.91 Å². The molecule has 17 heavy (non-hydrogen) atoms. The second-order valence-electron chi connectivity index (χ2n) is 6.13. The molecule has 4 heteroatoms. The quantitative estimate of drug-likeness (QED) is 0.738. The summed E-state index contributed by atoms with van der Waals surface area (Å²) in [6, 6.07) is -0.154. The molecule has 0 aliphatic carbocycles. The molecular weight excluding hydrogens is 216 g/mol. The molecule has 1 unspecified atom stereocenters. The van der Waals surface area contributed by atoms with Gasteiger partial charge in [0.15, 0.2) is 0 Å². The SMILES string of the molecule is CCC(C)(C)NC(=O)C(C)NCC1(C)COC1. The zero-order valence-electron chi connectivity index (χ0n) is 11.7. The first kappa shape index (κ1) is 14.5. The molecule has 1 heterocycles. The second kappa shape index (κ2) is 5.36. The van der Waals surface area contributed by atoms with Crippen molar-refractivity contribution in [3.63, 3.8) is 0 Å². The minimum absolute atomic E-state index is 0.0701. The molecule has 0 radical (unpaired) electrons. The van der Waals surface area contributed by atoms with Crippen LogP contribution in [-0.4, -0.2) is 37.2 Å². The Balaban J connectivity index is 2.31. The van der Waals surface area contributed by atoms with Crippen molar-refractivity contribution < 1.29 is 9.53 Å². The molecule has 0 bridgehead atoms. The fraction of sp³-hybridized carbons (Fsp3) is 0.923. The molecule has 4 nitrogen and oxygen atoms in total. The number of hydrogen-bond donors (Lipinski definition) is 2. The van der Waals surface area contributed by atoms with Gasteiger partial charge < -0.3 is 15.4 Å². The van der Waals surface area contributed by atoms with Crippen LogP contribution in [0.3, 0.4) is 0 Å². The third-order valence-electron chi connectivity index (χ3n) is 3.47. The maximum atomic E-state index is 11.9. The highest BCUT2D eigenvalue weighted by Gasteiger charge is 2.34. The van der Waals surface area contributed by atoms with Crippen LogP contribution in [0.5, 0.6) is 0 Å². The lowest BCUT2D eigenvalue weighted by atomic mass is 9.88. The van der Waals surface area contributed by atoms with E-state index >= 15 is 0 Å². The van der Waals surface area contributed by atoms with Gasteiger partial charge in [-0.15, -0.1) is 0 Å². The van der Waals surface area contributed by atoms with E-state index in [9.17, 15) is 4.79 Å². The van der Waals surface area contributed by atoms with Crippen molar-refractivity contribution in [2.75, 3.05) is 19.8 Å². The summed E-state index contributed by atoms with van der Waals surface area (Å²) in [6.07, 6.45) is 0.928. The van der Waals surface area contributed by atoms with Crippen molar-refractivity contribution >= 4 is 5.91 Å². The van der Waals surface area contributed by atoms with E-state index in [1.54, 1.807) is 0 Å². The molecule has 1 aliphatic heterocycles. The molecule has 0 saturated carbocycles. The van der Waals surface area contributed by atoms with Crippen LogP contribution < -0.4 is 10.6 Å². The Bertz CT molecular complexity index is 273. The predicted molar refractivity (Wildman–Crippen MR) is 68.9 cm³/mol. The van der Waals surface area contributed by atoms with E-state index in [1.165, 1.54) is 0 Å². The van der Waals surface area contributed by atoms with E-state index in [1.807, 2.05) is 20.8 Å². The van der Waals surface area contributed by atoms with Gasteiger partial charge in [0.05, 0.1) is 19.3 Å². The van der Waals surface area contributed by atoms with Gasteiger partial charge in [-0.2, -0.15) is 0 Å². The predicted octanol–water partition coefficient (Wildman–Crippen LogP) is 1.31. The number of rotatable bonds is 6. The zero-order valence-corrected chi connectivity index (χ0v) is 11.7. The van der Waals surface area contributed by atoms with E-state index < -0.39 is 0 Å². The number of hydrogen-bond acceptors (Lipinski definition) is 3. The van der Waals surface area contributed by atoms with Gasteiger partial charge in [0.25, 0.3) is 0 Å². The number of carbonyl (C=O) groups excluding carboxylic acids is 1. The van der Waals surface area contributed by atoms with E-state index in [0.717, 1.165) is 26.2 Å². The number of ether oxygens (including phenoxy) is 1. The van der Waals surface area contributed by atoms with Crippen molar-refractivity contribution in [2.45, 2.75) is 52.6 Å². The second-order valence-corrected chi connectivity index (χ2v) is 6.13. The summed E-state index contributed by atoms with van der Waals surface area (Å²) in [7, 11) is 0. The average Bonchev–Trinajstić information content (AvgIpc) is 2.22. The summed E-state index contributed by atoms with van der Waals surface area (Å²) >= 11 is 0. The van der Waals surface area contributed by atoms with E-state index in [0.29, 0.717) is 0 Å². The van der Waals surface area contributed by atoms with E-state index in [2.05, 4.69) is 24.5 Å². The molecule has 2 N–H and O–H groups in total. The Hall–Kier alpha value is -0.610. The van der Waals surface area contributed by atoms with Crippen molar-refractivity contribution in [1.82, 2.24) is 10.6 Å². The topological polar surface area (TPSA) is 50.4 Å². The summed E-state index contributed by atoms with van der Waals surface area (Å²) in [5.74, 6) is 0.0701. The van der Waals surface area contributed by atoms with Gasteiger partial charge >= 0.3 is 0 Å². The number of nitrogens with one attached hydrogen (secondary N) is 2. The van der Waals surface area contributed by atoms with Crippen LogP contribution in [0.1, 0.15) is 41.0 Å². The van der Waals surface area contributed by atoms with Crippen LogP contribution in [0.4, 0.5) is 0 Å². The van der Waals surface area contributed by atoms with Crippen molar-refractivity contribution in [2.24, 2.45) is 5.41 Å². The first-order chi connectivity index (χ1) is 7.78. The highest BCUT2D eigenvalue weighted by molar-refractivity contribution is 5.81. The smallest absolute Gasteiger partial charge is 0.237 e. The molecule has 1 saturated heterocycles. The van der Waals surface area contributed by atoms with Gasteiger partial charge in [0, 0.05) is 17.5 Å². The van der Waals surface area contributed by atoms with Gasteiger partial charge in [-0.1, -0.05) is 13.8 Å². The van der Waals surface area contributed by atoms with Crippen molar-refractivity contribution in [1.29, 1.82) is 0 Å². The fourth-order valence-electron chi connectivity index (χ4n) is 1.57. The normalized spacial score (nSPS) is 20.5. The van der Waals surface area contributed by atoms with Crippen LogP contribution in [0.2, 0.25) is 0 Å². The van der Waals surface area contributed by atoms with Crippen LogP contribution in [-0.2, 0) is 9.53 Å². The summed E-state index contributed by atoms with van der Waals surface area (Å²) in [4.78, 5) is 11.9. The summed E-state index contributed by atoms with van der Waals surface area (Å²) < 4.78 is 5.19. The van der Waals surface area contributed by atoms with Gasteiger partial charge in [-0.25, -0.2) is 0 Å². The van der Waals surface area contributed by atoms with E-state index in [-0.39, 0.29) is 22.9 Å². The number of amides is 1. The van der Waals surface area contributed by atoms with Crippen LogP contribution in [0.15, 0.2) is 0 Å². The lowest BCUT2D eigenvalue weighted by Crippen LogP contribution is -2.54. The van der Waals surface area contributed by atoms with Gasteiger partial charge in [-0.05, 0) is 27.2 Å². The molecule has 0 aromatic carbocycles. The van der Waals surface area contributed by atoms with Crippen LogP contribution in [0, 0.1) is 5.41 Å². The zero-order chi connectivity index (χ0) is 13.1. The molecule has 0 aromatic heterocycles. The molecule has 100 valence electrons. The highest BCUT2D eigenvalue weighted by Crippen LogP contribution is 2.25. The number of carbonyl (C=O) groups is 1. The largest absolute Gasteiger partial charge is 0.380 e. The van der Waals surface area contributed by atoms with Crippen molar-refractivity contribution in [3.05, 3.63) is 0 Å². The van der Waals surface area contributed by atoms with Crippen molar-refractivity contribution in [3.8, 4) is 0 Å². The molecule has 1 fully saturated rings. The third kappa shape index (κ3) is 4.28. The monoisotopic (exact) mass is 242 g/mol. The summed E-state index contributed by atoms with van der Waals surface area (Å²) in [6.45, 7) is 12.6. The molecule has 0 aromatic rings. The molecule has 1 rings (SSSR count). The summed E-state index contributed by atoms with van der Waals surface area (Å²) in [5, 5.41) is 6.32. The Morgan fingerprint density at radius 2 is 2.06 bits per heavy atom. The minimum Gasteiger partial charge on any atom is -0.380 e. The Morgan fingerprint density at radius 3 is 2.47 bits per heavy atom. The fourth-order valence-corrected chi connectivity index (χ4v) is 1.57. The first-order valence-corrected chi connectivity index (χ1v) is 6.41. The maximum absolute atomic E-state index is 11.9. The highest BCUT2D eigenvalue weighted by atomic mass is 16.5. The Morgan fingerprint density at radius 1 is 1.47 bits per heavy atom. The summed E-state index contributed by atoms with van der Waals surface area (Å²) in [5.41, 5.74) is 0.0747. The lowest BCUT2D eigenvalue weighted by Gasteiger charge is -2.39. The molecule has 1 atom stereocenters. The third-order valence-corrected chi connectivity index (χ3v) is 3.47. The Kier molecular flexibility index (Phi) is 4.55. The van der Waals surface area contributed by atoms with Crippen LogP contribution in [0.25, 0.3) is 0 Å². The first-order valence-electron chi connectivity index (χ1n) is 6.41. The van der Waals surface area contributed by atoms with Crippen LogP contribution >= 0.6 is 0 Å². The molecule has 1 amide bonds. The average molecular weight is 242 g/mol. The van der Waals surface area contributed by atoms with E-state index in [4.69, 9.17) is 4.74 Å². The van der Waals surface area contributed by atoms with Gasteiger partial charge in [-0.3, -0.25) is 4.79 Å². The molecule has 1 aliphatic rings. The molecule has 0 spiro atoms. The Labute approximate surface area is 104 Å².